The molecule has 150 valence electrons. The predicted molar refractivity (Wildman–Crippen MR) is 119 cm³/mol. The van der Waals surface area contributed by atoms with Gasteiger partial charge in [-0.2, -0.15) is 0 Å². The van der Waals surface area contributed by atoms with Gasteiger partial charge in [0.1, 0.15) is 16.9 Å². The van der Waals surface area contributed by atoms with E-state index in [1.807, 2.05) is 36.4 Å². The van der Waals surface area contributed by atoms with Crippen molar-refractivity contribution in [2.24, 2.45) is 0 Å². The highest BCUT2D eigenvalue weighted by molar-refractivity contribution is 6.31. The van der Waals surface area contributed by atoms with Gasteiger partial charge in [0.2, 0.25) is 0 Å². The number of ketones is 2. The molecule has 1 aliphatic rings. The molecule has 6 rings (SSSR count). The Morgan fingerprint density at radius 1 is 0.531 bits per heavy atom. The predicted octanol–water partition coefficient (Wildman–Crippen LogP) is 4.53. The highest BCUT2D eigenvalue weighted by Crippen LogP contribution is 2.34. The molecule has 32 heavy (non-hydrogen) atoms. The van der Waals surface area contributed by atoms with E-state index in [4.69, 9.17) is 9.97 Å². The fourth-order valence-corrected chi connectivity index (χ4v) is 4.06. The second-order valence-electron chi connectivity index (χ2n) is 7.41. The van der Waals surface area contributed by atoms with E-state index in [0.29, 0.717) is 50.5 Å². The number of nitrogens with zero attached hydrogens (tertiary/aromatic N) is 4. The first-order valence-electron chi connectivity index (χ1n) is 10.1. The van der Waals surface area contributed by atoms with E-state index in [9.17, 15) is 9.59 Å². The molecular formula is C26H14N4O2. The molecule has 0 atom stereocenters. The number of carbonyl (C=O) groups excluding carboxylic acids is 2. The van der Waals surface area contributed by atoms with Gasteiger partial charge in [-0.15, -0.1) is 0 Å². The fraction of sp³-hybridized carbons (Fsp3) is 0. The van der Waals surface area contributed by atoms with E-state index < -0.39 is 0 Å². The Labute approximate surface area is 182 Å². The van der Waals surface area contributed by atoms with Crippen LogP contribution in [0.5, 0.6) is 0 Å². The van der Waals surface area contributed by atoms with Crippen LogP contribution >= 0.6 is 0 Å². The number of fused-ring (bicyclic) bond motifs is 4. The number of aromatic nitrogens is 4. The molecule has 0 spiro atoms. The van der Waals surface area contributed by atoms with E-state index >= 15 is 0 Å². The lowest BCUT2D eigenvalue weighted by Crippen LogP contribution is -2.21. The van der Waals surface area contributed by atoms with Gasteiger partial charge < -0.3 is 0 Å². The number of hydrogen-bond donors (Lipinski definition) is 0. The lowest BCUT2D eigenvalue weighted by atomic mass is 9.83. The van der Waals surface area contributed by atoms with Crippen molar-refractivity contribution < 1.29 is 9.59 Å². The summed E-state index contributed by atoms with van der Waals surface area (Å²) < 4.78 is 0. The van der Waals surface area contributed by atoms with Crippen LogP contribution in [0.2, 0.25) is 0 Å². The van der Waals surface area contributed by atoms with Crippen molar-refractivity contribution in [3.8, 4) is 22.8 Å². The van der Waals surface area contributed by atoms with Crippen molar-refractivity contribution >= 4 is 22.6 Å². The lowest BCUT2D eigenvalue weighted by Gasteiger charge is -2.19. The first-order chi connectivity index (χ1) is 15.7. The van der Waals surface area contributed by atoms with Gasteiger partial charge in [0.05, 0.1) is 22.5 Å². The Hall–Kier alpha value is -4.58. The molecule has 0 bridgehead atoms. The summed E-state index contributed by atoms with van der Waals surface area (Å²) in [5.74, 6) is -0.417. The van der Waals surface area contributed by atoms with Crippen molar-refractivity contribution in [3.63, 3.8) is 0 Å². The molecule has 5 aromatic rings. The molecule has 0 amide bonds. The monoisotopic (exact) mass is 414 g/mol. The number of hydrogen-bond acceptors (Lipinski definition) is 6. The van der Waals surface area contributed by atoms with E-state index in [1.165, 1.54) is 0 Å². The zero-order chi connectivity index (χ0) is 21.7. The normalized spacial score (nSPS) is 12.5. The van der Waals surface area contributed by atoms with Gasteiger partial charge >= 0.3 is 0 Å². The Bertz CT molecular complexity index is 1550. The molecule has 3 aromatic heterocycles. The number of rotatable bonds is 2. The molecule has 0 unspecified atom stereocenters. The molecule has 2 aromatic carbocycles. The molecule has 6 heteroatoms. The maximum atomic E-state index is 13.4. The van der Waals surface area contributed by atoms with Crippen molar-refractivity contribution in [2.75, 3.05) is 0 Å². The third-order valence-electron chi connectivity index (χ3n) is 5.54. The largest absolute Gasteiger partial charge is 0.289 e. The van der Waals surface area contributed by atoms with Crippen LogP contribution in [0.25, 0.3) is 33.8 Å². The van der Waals surface area contributed by atoms with Crippen LogP contribution in [0.15, 0.2) is 85.2 Å². The summed E-state index contributed by atoms with van der Waals surface area (Å²) in [5.41, 5.74) is 4.64. The highest BCUT2D eigenvalue weighted by atomic mass is 16.1. The smallest absolute Gasteiger partial charge is 0.196 e. The number of benzene rings is 2. The second-order valence-corrected chi connectivity index (χ2v) is 7.41. The van der Waals surface area contributed by atoms with Gasteiger partial charge in [-0.25, -0.2) is 9.97 Å². The minimum absolute atomic E-state index is 0.188. The molecule has 0 saturated heterocycles. The quantitative estimate of drug-likeness (QED) is 0.414. The summed E-state index contributed by atoms with van der Waals surface area (Å²) in [6, 6.07) is 21.3. The molecule has 0 fully saturated rings. The third-order valence-corrected chi connectivity index (χ3v) is 5.54. The lowest BCUT2D eigenvalue weighted by molar-refractivity contribution is 0.0980. The third kappa shape index (κ3) is 2.66. The van der Waals surface area contributed by atoms with E-state index in [0.717, 1.165) is 0 Å². The minimum Gasteiger partial charge on any atom is -0.289 e. The van der Waals surface area contributed by atoms with Crippen molar-refractivity contribution in [2.45, 2.75) is 0 Å². The zero-order valence-corrected chi connectivity index (χ0v) is 16.7. The Kier molecular flexibility index (Phi) is 3.98. The molecule has 0 radical (unpaired) electrons. The fourth-order valence-electron chi connectivity index (χ4n) is 4.06. The minimum atomic E-state index is -0.229. The summed E-state index contributed by atoms with van der Waals surface area (Å²) in [6.07, 6.45) is 3.37. The molecule has 3 heterocycles. The van der Waals surface area contributed by atoms with Crippen LogP contribution < -0.4 is 0 Å². The molecule has 0 aliphatic heterocycles. The Balaban J connectivity index is 1.69. The molecule has 6 nitrogen and oxygen atoms in total. The zero-order valence-electron chi connectivity index (χ0n) is 16.7. The molecular weight excluding hydrogens is 400 g/mol. The maximum Gasteiger partial charge on any atom is 0.196 e. The summed E-state index contributed by atoms with van der Waals surface area (Å²) in [6.45, 7) is 0. The van der Waals surface area contributed by atoms with Gasteiger partial charge in [-0.3, -0.25) is 19.6 Å². The molecule has 0 N–H and O–H groups in total. The highest BCUT2D eigenvalue weighted by Gasteiger charge is 2.32. The van der Waals surface area contributed by atoms with Gasteiger partial charge in [0, 0.05) is 29.1 Å². The van der Waals surface area contributed by atoms with Crippen LogP contribution in [0.3, 0.4) is 0 Å². The summed E-state index contributed by atoms with van der Waals surface area (Å²) >= 11 is 0. The molecule has 1 aliphatic carbocycles. The van der Waals surface area contributed by atoms with Crippen molar-refractivity contribution in [3.05, 3.63) is 107 Å². The first kappa shape index (κ1) is 18.2. The average Bonchev–Trinajstić information content (AvgIpc) is 2.87. The van der Waals surface area contributed by atoms with Crippen LogP contribution in [-0.2, 0) is 0 Å². The Morgan fingerprint density at radius 2 is 1.12 bits per heavy atom. The van der Waals surface area contributed by atoms with Gasteiger partial charge in [-0.1, -0.05) is 36.4 Å². The van der Waals surface area contributed by atoms with Crippen molar-refractivity contribution in [1.29, 1.82) is 0 Å². The van der Waals surface area contributed by atoms with E-state index in [-0.39, 0.29) is 17.1 Å². The van der Waals surface area contributed by atoms with Crippen LogP contribution in [0.4, 0.5) is 0 Å². The number of carbonyl (C=O) groups is 2. The summed E-state index contributed by atoms with van der Waals surface area (Å²) in [5, 5.41) is 0. The standard InChI is InChI=1S/C26H14N4O2/c31-25-15-7-1-2-8-16(15)26(32)21-17(25)11-12-20-22(21)30-24(19-10-4-6-14-28-19)23(29-20)18-9-3-5-13-27-18/h1-14H. The van der Waals surface area contributed by atoms with Gasteiger partial charge in [0.25, 0.3) is 0 Å². The maximum absolute atomic E-state index is 13.4. The second kappa shape index (κ2) is 6.99. The van der Waals surface area contributed by atoms with Gasteiger partial charge in [0.15, 0.2) is 11.6 Å². The summed E-state index contributed by atoms with van der Waals surface area (Å²) in [4.78, 5) is 45.1. The van der Waals surface area contributed by atoms with Crippen LogP contribution in [-0.4, -0.2) is 31.5 Å². The SMILES string of the molecule is O=C1c2ccccc2C(=O)c2c1ccc1nc(-c3ccccn3)c(-c3ccccn3)nc21. The van der Waals surface area contributed by atoms with Crippen LogP contribution in [0, 0.1) is 0 Å². The van der Waals surface area contributed by atoms with E-state index in [2.05, 4.69) is 9.97 Å². The average molecular weight is 414 g/mol. The molecule has 0 saturated carbocycles. The Morgan fingerprint density at radius 3 is 1.75 bits per heavy atom. The van der Waals surface area contributed by atoms with Crippen molar-refractivity contribution in [1.82, 2.24) is 19.9 Å². The van der Waals surface area contributed by atoms with Gasteiger partial charge in [-0.05, 0) is 36.4 Å². The number of pyridine rings is 2. The van der Waals surface area contributed by atoms with Crippen LogP contribution in [0.1, 0.15) is 31.8 Å². The first-order valence-corrected chi connectivity index (χ1v) is 10.1. The topological polar surface area (TPSA) is 85.7 Å². The van der Waals surface area contributed by atoms with E-state index in [1.54, 1.807) is 48.8 Å². The summed E-state index contributed by atoms with van der Waals surface area (Å²) in [7, 11) is 0.